The number of benzene rings is 1. The van der Waals surface area contributed by atoms with Crippen LogP contribution >= 0.6 is 0 Å². The molecule has 0 atom stereocenters. The maximum absolute atomic E-state index is 13.3. The van der Waals surface area contributed by atoms with Crippen molar-refractivity contribution in [2.24, 2.45) is 0 Å². The van der Waals surface area contributed by atoms with Gasteiger partial charge >= 0.3 is 0 Å². The van der Waals surface area contributed by atoms with Crippen molar-refractivity contribution in [1.29, 1.82) is 0 Å². The molecule has 1 N–H and O–H groups in total. The number of halogens is 1. The lowest BCUT2D eigenvalue weighted by Gasteiger charge is -2.35. The Morgan fingerprint density at radius 1 is 1.00 bits per heavy atom. The minimum Gasteiger partial charge on any atom is -0.353 e. The third-order valence-electron chi connectivity index (χ3n) is 4.58. The number of aryl methyl sites for hydroxylation is 1. The second-order valence-electron chi connectivity index (χ2n) is 6.65. The maximum Gasteiger partial charge on any atom is 0.274 e. The summed E-state index contributed by atoms with van der Waals surface area (Å²) in [6, 6.07) is 9.20. The topological polar surface area (TPSA) is 87.1 Å². The fourth-order valence-electron chi connectivity index (χ4n) is 3.18. The van der Waals surface area contributed by atoms with Crippen LogP contribution in [0.1, 0.15) is 16.3 Å². The van der Waals surface area contributed by atoms with Crippen molar-refractivity contribution < 1.29 is 9.18 Å². The Balaban J connectivity index is 1.46. The summed E-state index contributed by atoms with van der Waals surface area (Å²) in [5.41, 5.74) is 0.620. The number of nitrogens with one attached hydrogen (secondary N) is 1. The lowest BCUT2D eigenvalue weighted by molar-refractivity contribution is 0.102. The number of carbonyl (C=O) groups is 1. The second kappa shape index (κ2) is 8.17. The first-order valence-corrected chi connectivity index (χ1v) is 9.28. The van der Waals surface area contributed by atoms with Gasteiger partial charge in [-0.3, -0.25) is 4.79 Å². The van der Waals surface area contributed by atoms with Crippen LogP contribution in [0.2, 0.25) is 0 Å². The molecule has 4 rings (SSSR count). The van der Waals surface area contributed by atoms with Gasteiger partial charge in [0, 0.05) is 50.3 Å². The van der Waals surface area contributed by atoms with Gasteiger partial charge in [0.15, 0.2) is 0 Å². The molecule has 0 spiro atoms. The number of anilines is 3. The van der Waals surface area contributed by atoms with E-state index in [9.17, 15) is 9.18 Å². The van der Waals surface area contributed by atoms with Crippen LogP contribution < -0.4 is 15.1 Å². The highest BCUT2D eigenvalue weighted by Gasteiger charge is 2.21. The molecule has 0 bridgehead atoms. The second-order valence-corrected chi connectivity index (χ2v) is 6.65. The summed E-state index contributed by atoms with van der Waals surface area (Å²) in [6.07, 6.45) is 3.46. The van der Waals surface area contributed by atoms with Crippen LogP contribution in [0.25, 0.3) is 0 Å². The Bertz CT molecular complexity index is 1010. The van der Waals surface area contributed by atoms with Crippen molar-refractivity contribution >= 4 is 23.4 Å². The Labute approximate surface area is 167 Å². The van der Waals surface area contributed by atoms with Gasteiger partial charge in [0.1, 0.15) is 23.2 Å². The molecule has 1 aliphatic rings. The number of piperazine rings is 1. The maximum atomic E-state index is 13.3. The lowest BCUT2D eigenvalue weighted by Crippen LogP contribution is -2.47. The van der Waals surface area contributed by atoms with Gasteiger partial charge in [0.05, 0.1) is 0 Å². The zero-order valence-corrected chi connectivity index (χ0v) is 15.9. The molecule has 29 heavy (non-hydrogen) atoms. The van der Waals surface area contributed by atoms with Crippen LogP contribution in [-0.4, -0.2) is 52.0 Å². The van der Waals surface area contributed by atoms with Gasteiger partial charge in [-0.15, -0.1) is 0 Å². The highest BCUT2D eigenvalue weighted by atomic mass is 19.1. The highest BCUT2D eigenvalue weighted by molar-refractivity contribution is 6.03. The van der Waals surface area contributed by atoms with Gasteiger partial charge in [0.25, 0.3) is 5.91 Å². The van der Waals surface area contributed by atoms with Crippen molar-refractivity contribution in [2.45, 2.75) is 6.92 Å². The van der Waals surface area contributed by atoms with Gasteiger partial charge in [-0.2, -0.15) is 0 Å². The number of aromatic nitrogens is 4. The number of hydrogen-bond acceptors (Lipinski definition) is 7. The van der Waals surface area contributed by atoms with Gasteiger partial charge in [0.2, 0.25) is 5.95 Å². The summed E-state index contributed by atoms with van der Waals surface area (Å²) < 4.78 is 13.3. The number of amides is 1. The molecule has 1 fully saturated rings. The third-order valence-corrected chi connectivity index (χ3v) is 4.58. The van der Waals surface area contributed by atoms with Crippen LogP contribution in [0.5, 0.6) is 0 Å². The number of hydrogen-bond donors (Lipinski definition) is 1. The number of rotatable bonds is 4. The molecule has 2 aromatic heterocycles. The molecule has 3 heterocycles. The van der Waals surface area contributed by atoms with E-state index in [-0.39, 0.29) is 5.69 Å². The summed E-state index contributed by atoms with van der Waals surface area (Å²) in [7, 11) is 0. The molecular weight excluding hydrogens is 373 g/mol. The van der Waals surface area contributed by atoms with Crippen molar-refractivity contribution in [2.75, 3.05) is 41.3 Å². The lowest BCUT2D eigenvalue weighted by atomic mass is 10.2. The summed E-state index contributed by atoms with van der Waals surface area (Å²) in [5, 5.41) is 2.67. The van der Waals surface area contributed by atoms with E-state index in [4.69, 9.17) is 0 Å². The average Bonchev–Trinajstić information content (AvgIpc) is 2.74. The van der Waals surface area contributed by atoms with Gasteiger partial charge < -0.3 is 15.1 Å². The Morgan fingerprint density at radius 3 is 2.45 bits per heavy atom. The standard InChI is InChI=1S/C20H20FN7O/c1-14-24-17(19(29)26-16-5-2-4-15(21)12-16)13-18(25-14)27-8-10-28(11-9-27)20-22-6-3-7-23-20/h2-7,12-13H,8-11H2,1H3,(H,26,29). The molecule has 148 valence electrons. The molecule has 1 saturated heterocycles. The monoisotopic (exact) mass is 393 g/mol. The SMILES string of the molecule is Cc1nc(C(=O)Nc2cccc(F)c2)cc(N2CCN(c3ncccn3)CC2)n1. The van der Waals surface area contributed by atoms with E-state index in [1.807, 2.05) is 0 Å². The Morgan fingerprint density at radius 2 is 1.72 bits per heavy atom. The molecule has 1 amide bonds. The minimum absolute atomic E-state index is 0.241. The van der Waals surface area contributed by atoms with Crippen LogP contribution in [0.4, 0.5) is 21.8 Å². The third kappa shape index (κ3) is 4.45. The zero-order chi connectivity index (χ0) is 20.2. The van der Waals surface area contributed by atoms with Crippen LogP contribution in [0.15, 0.2) is 48.8 Å². The predicted octanol–water partition coefficient (Wildman–Crippen LogP) is 2.29. The van der Waals surface area contributed by atoms with Gasteiger partial charge in [-0.1, -0.05) is 6.07 Å². The molecule has 0 saturated carbocycles. The van der Waals surface area contributed by atoms with Crippen molar-refractivity contribution in [3.05, 3.63) is 66.1 Å². The highest BCUT2D eigenvalue weighted by Crippen LogP contribution is 2.18. The molecule has 0 unspecified atom stereocenters. The van der Waals surface area contributed by atoms with Gasteiger partial charge in [-0.25, -0.2) is 24.3 Å². The van der Waals surface area contributed by atoms with Crippen molar-refractivity contribution in [3.63, 3.8) is 0 Å². The van der Waals surface area contributed by atoms with E-state index in [0.29, 0.717) is 23.3 Å². The summed E-state index contributed by atoms with van der Waals surface area (Å²) in [5.74, 6) is 1.08. The van der Waals surface area contributed by atoms with E-state index in [1.165, 1.54) is 18.2 Å². The minimum atomic E-state index is -0.414. The molecule has 1 aromatic carbocycles. The molecule has 3 aromatic rings. The summed E-state index contributed by atoms with van der Waals surface area (Å²) >= 11 is 0. The first kappa shape index (κ1) is 18.7. The Kier molecular flexibility index (Phi) is 5.28. The first-order chi connectivity index (χ1) is 14.1. The van der Waals surface area contributed by atoms with E-state index in [0.717, 1.165) is 26.2 Å². The molecule has 0 radical (unpaired) electrons. The van der Waals surface area contributed by atoms with E-state index in [1.54, 1.807) is 37.5 Å². The number of carbonyl (C=O) groups excluding carboxylic acids is 1. The summed E-state index contributed by atoms with van der Waals surface area (Å²) in [4.78, 5) is 34.1. The molecular formula is C20H20FN7O. The smallest absolute Gasteiger partial charge is 0.274 e. The molecule has 9 heteroatoms. The average molecular weight is 393 g/mol. The quantitative estimate of drug-likeness (QED) is 0.728. The van der Waals surface area contributed by atoms with E-state index >= 15 is 0 Å². The molecule has 0 aliphatic carbocycles. The fraction of sp³-hybridized carbons (Fsp3) is 0.250. The van der Waals surface area contributed by atoms with Gasteiger partial charge in [-0.05, 0) is 31.2 Å². The fourth-order valence-corrected chi connectivity index (χ4v) is 3.18. The van der Waals surface area contributed by atoms with Crippen LogP contribution in [0.3, 0.4) is 0 Å². The van der Waals surface area contributed by atoms with Crippen LogP contribution in [-0.2, 0) is 0 Å². The first-order valence-electron chi connectivity index (χ1n) is 9.28. The van der Waals surface area contributed by atoms with E-state index < -0.39 is 11.7 Å². The van der Waals surface area contributed by atoms with Crippen molar-refractivity contribution in [3.8, 4) is 0 Å². The zero-order valence-electron chi connectivity index (χ0n) is 15.9. The van der Waals surface area contributed by atoms with Crippen LogP contribution in [0, 0.1) is 12.7 Å². The molecule has 1 aliphatic heterocycles. The van der Waals surface area contributed by atoms with E-state index in [2.05, 4.69) is 35.1 Å². The Hall–Kier alpha value is -3.62. The summed E-state index contributed by atoms with van der Waals surface area (Å²) in [6.45, 7) is 4.69. The largest absolute Gasteiger partial charge is 0.353 e. The number of nitrogens with zero attached hydrogens (tertiary/aromatic N) is 6. The van der Waals surface area contributed by atoms with Crippen molar-refractivity contribution in [1.82, 2.24) is 19.9 Å². The predicted molar refractivity (Wildman–Crippen MR) is 108 cm³/mol. The normalized spacial score (nSPS) is 14.0. The molecule has 8 nitrogen and oxygen atoms in total.